The Morgan fingerprint density at radius 2 is 1.85 bits per heavy atom. The smallest absolute Gasteiger partial charge is 0.343 e. The molecule has 1 aromatic heterocycles. The van der Waals surface area contributed by atoms with Crippen molar-refractivity contribution in [3.8, 4) is 17.2 Å². The Bertz CT molecular complexity index is 1870. The topological polar surface area (TPSA) is 88.4 Å². The number of carbonyl (C=O) groups excluding carboxylic acids is 1. The molecule has 41 heavy (non-hydrogen) atoms. The summed E-state index contributed by atoms with van der Waals surface area (Å²) < 4.78 is 24.0. The van der Waals surface area contributed by atoms with Crippen LogP contribution in [-0.4, -0.2) is 38.5 Å². The van der Waals surface area contributed by atoms with Gasteiger partial charge in [-0.25, -0.2) is 9.79 Å². The highest BCUT2D eigenvalue weighted by Gasteiger charge is 2.34. The monoisotopic (exact) mass is 568 g/mol. The van der Waals surface area contributed by atoms with Crippen molar-refractivity contribution in [2.24, 2.45) is 4.99 Å². The van der Waals surface area contributed by atoms with E-state index in [9.17, 15) is 9.59 Å². The molecule has 0 N–H and O–H groups in total. The van der Waals surface area contributed by atoms with Crippen LogP contribution in [0.1, 0.15) is 34.7 Å². The highest BCUT2D eigenvalue weighted by molar-refractivity contribution is 7.07. The van der Waals surface area contributed by atoms with Gasteiger partial charge in [-0.3, -0.25) is 9.36 Å². The number of benzene rings is 3. The minimum atomic E-state index is -0.470. The molecule has 3 aromatic carbocycles. The number of methoxy groups -OCH3 is 3. The van der Waals surface area contributed by atoms with Gasteiger partial charge in [0, 0.05) is 11.1 Å². The summed E-state index contributed by atoms with van der Waals surface area (Å²) in [4.78, 5) is 31.3. The minimum Gasteiger partial charge on any atom is -0.493 e. The van der Waals surface area contributed by atoms with E-state index in [0.717, 1.165) is 40.8 Å². The Labute approximate surface area is 240 Å². The van der Waals surface area contributed by atoms with Gasteiger partial charge in [0.1, 0.15) is 5.75 Å². The summed E-state index contributed by atoms with van der Waals surface area (Å²) in [5.41, 5.74) is 5.79. The Hall–Kier alpha value is -4.63. The van der Waals surface area contributed by atoms with Crippen molar-refractivity contribution < 1.29 is 23.7 Å². The number of aryl methyl sites for hydroxylation is 1. The number of fused-ring (bicyclic) bond motifs is 3. The molecular formula is C32H28N2O6S. The van der Waals surface area contributed by atoms with Crippen LogP contribution in [0.4, 0.5) is 0 Å². The van der Waals surface area contributed by atoms with Crippen LogP contribution in [0.3, 0.4) is 0 Å². The number of nitrogens with zero attached hydrogens (tertiary/aromatic N) is 2. The van der Waals surface area contributed by atoms with Crippen LogP contribution in [0.5, 0.6) is 17.2 Å². The Balaban J connectivity index is 1.54. The number of rotatable bonds is 7. The molecular weight excluding hydrogens is 540 g/mol. The molecule has 4 aromatic rings. The summed E-state index contributed by atoms with van der Waals surface area (Å²) in [5, 5.41) is 0. The SMILES string of the molecule is COC(=O)COc1cccc(C=c2sc3n(c2=O)C(c2cccc(OC)c2OC)C2=C(N=3)c3ccccc3CC2)c1. The van der Waals surface area contributed by atoms with Gasteiger partial charge >= 0.3 is 5.97 Å². The van der Waals surface area contributed by atoms with Gasteiger partial charge in [0.05, 0.1) is 37.6 Å². The maximum Gasteiger partial charge on any atom is 0.343 e. The van der Waals surface area contributed by atoms with E-state index in [-0.39, 0.29) is 12.2 Å². The fourth-order valence-corrected chi connectivity index (χ4v) is 6.47. The van der Waals surface area contributed by atoms with Crippen molar-refractivity contribution in [2.45, 2.75) is 18.9 Å². The lowest BCUT2D eigenvalue weighted by Gasteiger charge is -2.31. The molecule has 0 saturated heterocycles. The van der Waals surface area contributed by atoms with Gasteiger partial charge in [0.2, 0.25) is 0 Å². The molecule has 2 aliphatic rings. The predicted octanol–water partition coefficient (Wildman–Crippen LogP) is 3.89. The molecule has 9 heteroatoms. The van der Waals surface area contributed by atoms with Gasteiger partial charge < -0.3 is 18.9 Å². The van der Waals surface area contributed by atoms with E-state index in [1.54, 1.807) is 30.9 Å². The molecule has 0 radical (unpaired) electrons. The third-order valence-electron chi connectivity index (χ3n) is 7.34. The maximum absolute atomic E-state index is 14.1. The van der Waals surface area contributed by atoms with Crippen molar-refractivity contribution in [1.82, 2.24) is 4.57 Å². The van der Waals surface area contributed by atoms with E-state index >= 15 is 0 Å². The standard InChI is InChI=1S/C32H28N2O6S/c1-37-25-13-7-12-24(30(25)39-3)29-23-15-14-20-9-4-5-11-22(20)28(23)33-32-34(29)31(36)26(41-32)17-19-8-6-10-21(16-19)40-18-27(35)38-2/h4-13,16-17,29H,14-15,18H2,1-3H3. The molecule has 0 bridgehead atoms. The number of ether oxygens (including phenoxy) is 4. The van der Waals surface area contributed by atoms with Gasteiger partial charge in [-0.2, -0.15) is 0 Å². The summed E-state index contributed by atoms with van der Waals surface area (Å²) in [5.74, 6) is 1.23. The molecule has 1 aliphatic carbocycles. The van der Waals surface area contributed by atoms with Gasteiger partial charge in [-0.1, -0.05) is 59.9 Å². The Morgan fingerprint density at radius 1 is 1.02 bits per heavy atom. The molecule has 8 nitrogen and oxygen atoms in total. The van der Waals surface area contributed by atoms with Gasteiger partial charge in [0.25, 0.3) is 5.56 Å². The third kappa shape index (κ3) is 4.82. The van der Waals surface area contributed by atoms with Crippen LogP contribution in [0, 0.1) is 0 Å². The fourth-order valence-electron chi connectivity index (χ4n) is 5.47. The Kier molecular flexibility index (Phi) is 7.19. The van der Waals surface area contributed by atoms with Gasteiger partial charge in [0.15, 0.2) is 22.9 Å². The zero-order valence-corrected chi connectivity index (χ0v) is 23.7. The normalized spacial score (nSPS) is 15.8. The molecule has 208 valence electrons. The quantitative estimate of drug-likeness (QED) is 0.315. The van der Waals surface area contributed by atoms with Gasteiger partial charge in [-0.05, 0) is 53.8 Å². The zero-order valence-electron chi connectivity index (χ0n) is 22.9. The number of esters is 1. The lowest BCUT2D eigenvalue weighted by molar-refractivity contribution is -0.142. The van der Waals surface area contributed by atoms with Crippen LogP contribution < -0.4 is 29.1 Å². The van der Waals surface area contributed by atoms with Crippen molar-refractivity contribution in [2.75, 3.05) is 27.9 Å². The lowest BCUT2D eigenvalue weighted by Crippen LogP contribution is -2.39. The fraction of sp³-hybridized carbons (Fsp3) is 0.219. The largest absolute Gasteiger partial charge is 0.493 e. The molecule has 0 amide bonds. The highest BCUT2D eigenvalue weighted by atomic mass is 32.1. The number of hydrogen-bond acceptors (Lipinski definition) is 8. The van der Waals surface area contributed by atoms with Crippen molar-refractivity contribution in [3.63, 3.8) is 0 Å². The number of allylic oxidation sites excluding steroid dienone is 1. The van der Waals surface area contributed by atoms with Gasteiger partial charge in [-0.15, -0.1) is 0 Å². The number of thiazole rings is 1. The van der Waals surface area contributed by atoms with Crippen molar-refractivity contribution >= 4 is 29.1 Å². The molecule has 1 aliphatic heterocycles. The molecule has 1 unspecified atom stereocenters. The second kappa shape index (κ2) is 11.1. The molecule has 2 heterocycles. The predicted molar refractivity (Wildman–Crippen MR) is 156 cm³/mol. The van der Waals surface area contributed by atoms with Crippen LogP contribution >= 0.6 is 11.3 Å². The summed E-state index contributed by atoms with van der Waals surface area (Å²) >= 11 is 1.34. The molecule has 0 saturated carbocycles. The first-order chi connectivity index (χ1) is 20.0. The Morgan fingerprint density at radius 3 is 2.66 bits per heavy atom. The summed E-state index contributed by atoms with van der Waals surface area (Å²) in [6, 6.07) is 20.9. The average molecular weight is 569 g/mol. The number of aromatic nitrogens is 1. The zero-order chi connectivity index (χ0) is 28.5. The number of para-hydroxylation sites is 1. The summed E-state index contributed by atoms with van der Waals surface area (Å²) in [6.45, 7) is -0.197. The van der Waals surface area contributed by atoms with E-state index in [0.29, 0.717) is 26.6 Å². The van der Waals surface area contributed by atoms with E-state index in [1.807, 2.05) is 48.5 Å². The minimum absolute atomic E-state index is 0.144. The first-order valence-corrected chi connectivity index (χ1v) is 14.0. The highest BCUT2D eigenvalue weighted by Crippen LogP contribution is 2.45. The number of carbonyl (C=O) groups is 1. The molecule has 6 rings (SSSR count). The van der Waals surface area contributed by atoms with Crippen molar-refractivity contribution in [3.05, 3.63) is 114 Å². The third-order valence-corrected chi connectivity index (χ3v) is 8.32. The molecule has 1 atom stereocenters. The van der Waals surface area contributed by atoms with Crippen LogP contribution in [0.2, 0.25) is 0 Å². The lowest BCUT2D eigenvalue weighted by atomic mass is 9.83. The summed E-state index contributed by atoms with van der Waals surface area (Å²) in [6.07, 6.45) is 3.45. The van der Waals surface area contributed by atoms with E-state index in [2.05, 4.69) is 16.9 Å². The van der Waals surface area contributed by atoms with E-state index in [1.165, 1.54) is 24.0 Å². The second-order valence-corrected chi connectivity index (χ2v) is 10.6. The maximum atomic E-state index is 14.1. The van der Waals surface area contributed by atoms with Crippen LogP contribution in [-0.2, 0) is 16.0 Å². The van der Waals surface area contributed by atoms with Crippen LogP contribution in [0.15, 0.2) is 82.1 Å². The van der Waals surface area contributed by atoms with E-state index in [4.69, 9.17) is 19.2 Å². The van der Waals surface area contributed by atoms with Crippen LogP contribution in [0.25, 0.3) is 11.8 Å². The van der Waals surface area contributed by atoms with E-state index < -0.39 is 12.0 Å². The summed E-state index contributed by atoms with van der Waals surface area (Å²) in [7, 11) is 4.54. The molecule has 0 spiro atoms. The second-order valence-electron chi connectivity index (χ2n) is 9.63. The average Bonchev–Trinajstić information content (AvgIpc) is 3.32. The number of hydrogen-bond donors (Lipinski definition) is 0. The first kappa shape index (κ1) is 26.6. The molecule has 0 fully saturated rings. The van der Waals surface area contributed by atoms with Crippen molar-refractivity contribution in [1.29, 1.82) is 0 Å². The first-order valence-electron chi connectivity index (χ1n) is 13.2.